The third kappa shape index (κ3) is 4.06. The molecular formula is C12H16ClN3O2. The number of aromatic nitrogens is 2. The van der Waals surface area contributed by atoms with Gasteiger partial charge in [-0.2, -0.15) is 5.10 Å². The van der Waals surface area contributed by atoms with Crippen LogP contribution in [-0.2, 0) is 6.54 Å². The quantitative estimate of drug-likeness (QED) is 0.575. The predicted molar refractivity (Wildman–Crippen MR) is 71.8 cm³/mol. The van der Waals surface area contributed by atoms with E-state index in [4.69, 9.17) is 23.1 Å². The van der Waals surface area contributed by atoms with Gasteiger partial charge in [-0.05, 0) is 12.8 Å². The summed E-state index contributed by atoms with van der Waals surface area (Å²) in [6.45, 7) is 0.676. The van der Waals surface area contributed by atoms with E-state index in [0.717, 1.165) is 23.9 Å². The highest BCUT2D eigenvalue weighted by Crippen LogP contribution is 2.15. The molecule has 0 aliphatic heterocycles. The number of unbranched alkanes of at least 4 members (excludes halogenated alkanes) is 2. The summed E-state index contributed by atoms with van der Waals surface area (Å²) < 4.78 is 1.13. The van der Waals surface area contributed by atoms with Crippen LogP contribution in [0.3, 0.4) is 0 Å². The van der Waals surface area contributed by atoms with Gasteiger partial charge in [-0.1, -0.05) is 11.6 Å². The summed E-state index contributed by atoms with van der Waals surface area (Å²) in [7, 11) is 0. The van der Waals surface area contributed by atoms with Crippen molar-refractivity contribution >= 4 is 17.3 Å². The lowest BCUT2D eigenvalue weighted by molar-refractivity contribution is 0.266. The third-order valence-corrected chi connectivity index (χ3v) is 2.73. The van der Waals surface area contributed by atoms with Gasteiger partial charge in [0.1, 0.15) is 5.02 Å². The molecule has 0 aliphatic rings. The van der Waals surface area contributed by atoms with Gasteiger partial charge in [0.2, 0.25) is 0 Å². The maximum absolute atomic E-state index is 11.7. The van der Waals surface area contributed by atoms with E-state index in [2.05, 4.69) is 16.3 Å². The van der Waals surface area contributed by atoms with Gasteiger partial charge < -0.3 is 10.4 Å². The number of halogens is 1. The zero-order chi connectivity index (χ0) is 13.4. The summed E-state index contributed by atoms with van der Waals surface area (Å²) >= 11 is 5.92. The second kappa shape index (κ2) is 7.75. The Morgan fingerprint density at radius 3 is 3.00 bits per heavy atom. The van der Waals surface area contributed by atoms with E-state index in [1.165, 1.54) is 6.20 Å². The van der Waals surface area contributed by atoms with Crippen molar-refractivity contribution in [3.63, 3.8) is 0 Å². The van der Waals surface area contributed by atoms with Crippen molar-refractivity contribution in [1.82, 2.24) is 9.78 Å². The molecule has 0 spiro atoms. The molecule has 0 unspecified atom stereocenters. The Hall–Kier alpha value is -1.51. The molecule has 0 bridgehead atoms. The molecule has 1 rings (SSSR count). The van der Waals surface area contributed by atoms with Crippen LogP contribution in [0.15, 0.2) is 11.0 Å². The molecule has 0 saturated carbocycles. The van der Waals surface area contributed by atoms with Gasteiger partial charge in [0.05, 0.1) is 25.0 Å². The summed E-state index contributed by atoms with van der Waals surface area (Å²) in [6, 6.07) is 0. The standard InChI is InChI=1S/C12H16ClN3O2/c1-2-3-4-5-6-14-10-9-15-16(7-8-17)12(18)11(10)13/h1,9,14,17H,3-8H2. The molecule has 1 heterocycles. The number of terminal acetylenes is 1. The van der Waals surface area contributed by atoms with Crippen molar-refractivity contribution in [3.8, 4) is 12.3 Å². The minimum atomic E-state index is -0.403. The largest absolute Gasteiger partial charge is 0.394 e. The molecule has 0 aromatic carbocycles. The van der Waals surface area contributed by atoms with E-state index >= 15 is 0 Å². The van der Waals surface area contributed by atoms with E-state index in [1.54, 1.807) is 0 Å². The van der Waals surface area contributed by atoms with Crippen molar-refractivity contribution in [3.05, 3.63) is 21.6 Å². The van der Waals surface area contributed by atoms with Crippen LogP contribution >= 0.6 is 11.6 Å². The van der Waals surface area contributed by atoms with Gasteiger partial charge in [-0.15, -0.1) is 12.3 Å². The molecule has 18 heavy (non-hydrogen) atoms. The third-order valence-electron chi connectivity index (χ3n) is 2.36. The van der Waals surface area contributed by atoms with Crippen molar-refractivity contribution in [1.29, 1.82) is 0 Å². The number of nitrogens with zero attached hydrogens (tertiary/aromatic N) is 2. The fraction of sp³-hybridized carbons (Fsp3) is 0.500. The minimum absolute atomic E-state index is 0.0930. The van der Waals surface area contributed by atoms with Crippen molar-refractivity contribution in [2.45, 2.75) is 25.8 Å². The van der Waals surface area contributed by atoms with Gasteiger partial charge in [0, 0.05) is 13.0 Å². The maximum Gasteiger partial charge on any atom is 0.287 e. The molecule has 0 saturated heterocycles. The number of rotatable bonds is 7. The number of aliphatic hydroxyl groups is 1. The molecule has 2 N–H and O–H groups in total. The Balaban J connectivity index is 2.60. The van der Waals surface area contributed by atoms with Crippen LogP contribution in [0, 0.1) is 12.3 Å². The Morgan fingerprint density at radius 1 is 1.56 bits per heavy atom. The van der Waals surface area contributed by atoms with Crippen molar-refractivity contribution < 1.29 is 5.11 Å². The smallest absolute Gasteiger partial charge is 0.287 e. The highest BCUT2D eigenvalue weighted by atomic mass is 35.5. The van der Waals surface area contributed by atoms with Crippen molar-refractivity contribution in [2.75, 3.05) is 18.5 Å². The summed E-state index contributed by atoms with van der Waals surface area (Å²) in [5, 5.41) is 15.8. The van der Waals surface area contributed by atoms with E-state index < -0.39 is 5.56 Å². The zero-order valence-corrected chi connectivity index (χ0v) is 10.8. The molecule has 0 atom stereocenters. The predicted octanol–water partition coefficient (Wildman–Crippen LogP) is 1.10. The summed E-state index contributed by atoms with van der Waals surface area (Å²) in [6.07, 6.45) is 9.20. The Bertz CT molecular complexity index is 479. The molecule has 1 aromatic rings. The fourth-order valence-electron chi connectivity index (χ4n) is 1.42. The lowest BCUT2D eigenvalue weighted by Gasteiger charge is -2.09. The molecule has 5 nitrogen and oxygen atoms in total. The number of hydrogen-bond acceptors (Lipinski definition) is 4. The summed E-state index contributed by atoms with van der Waals surface area (Å²) in [4.78, 5) is 11.7. The molecule has 98 valence electrons. The Morgan fingerprint density at radius 2 is 2.33 bits per heavy atom. The molecule has 1 aromatic heterocycles. The first kappa shape index (κ1) is 14.6. The van der Waals surface area contributed by atoms with Gasteiger partial charge in [-0.3, -0.25) is 4.79 Å². The number of nitrogens with one attached hydrogen (secondary N) is 1. The second-order valence-corrected chi connectivity index (χ2v) is 4.09. The average Bonchev–Trinajstić information content (AvgIpc) is 2.37. The lowest BCUT2D eigenvalue weighted by Crippen LogP contribution is -2.25. The lowest BCUT2D eigenvalue weighted by atomic mass is 10.2. The number of anilines is 1. The van der Waals surface area contributed by atoms with Crippen LogP contribution in [0.5, 0.6) is 0 Å². The van der Waals surface area contributed by atoms with Crippen molar-refractivity contribution in [2.24, 2.45) is 0 Å². The maximum atomic E-state index is 11.7. The second-order valence-electron chi connectivity index (χ2n) is 3.71. The zero-order valence-electron chi connectivity index (χ0n) is 10.0. The molecule has 0 radical (unpaired) electrons. The van der Waals surface area contributed by atoms with Crippen LogP contribution in [0.4, 0.5) is 5.69 Å². The van der Waals surface area contributed by atoms with E-state index in [9.17, 15) is 4.79 Å². The molecule has 0 aliphatic carbocycles. The minimum Gasteiger partial charge on any atom is -0.394 e. The van der Waals surface area contributed by atoms with Crippen LogP contribution in [0.1, 0.15) is 19.3 Å². The van der Waals surface area contributed by atoms with Gasteiger partial charge in [0.15, 0.2) is 0 Å². The van der Waals surface area contributed by atoms with E-state index in [0.29, 0.717) is 12.2 Å². The van der Waals surface area contributed by atoms with Gasteiger partial charge in [-0.25, -0.2) is 4.68 Å². The first-order valence-corrected chi connectivity index (χ1v) is 6.12. The number of hydrogen-bond donors (Lipinski definition) is 2. The van der Waals surface area contributed by atoms with Crippen LogP contribution in [0.25, 0.3) is 0 Å². The number of aliphatic hydroxyl groups excluding tert-OH is 1. The normalized spacial score (nSPS) is 10.1. The molecular weight excluding hydrogens is 254 g/mol. The Kier molecular flexibility index (Phi) is 6.26. The summed E-state index contributed by atoms with van der Waals surface area (Å²) in [5.41, 5.74) is 0.107. The van der Waals surface area contributed by atoms with Gasteiger partial charge in [0.25, 0.3) is 5.56 Å². The monoisotopic (exact) mass is 269 g/mol. The molecule has 0 fully saturated rings. The SMILES string of the molecule is C#CCCCCNc1cnn(CCO)c(=O)c1Cl. The molecule has 6 heteroatoms. The average molecular weight is 270 g/mol. The van der Waals surface area contributed by atoms with Crippen LogP contribution in [-0.4, -0.2) is 28.0 Å². The first-order chi connectivity index (χ1) is 8.70. The fourth-order valence-corrected chi connectivity index (χ4v) is 1.63. The first-order valence-electron chi connectivity index (χ1n) is 5.74. The highest BCUT2D eigenvalue weighted by molar-refractivity contribution is 6.32. The van der Waals surface area contributed by atoms with E-state index in [-0.39, 0.29) is 18.2 Å². The topological polar surface area (TPSA) is 67.2 Å². The molecule has 0 amide bonds. The van der Waals surface area contributed by atoms with Crippen LogP contribution in [0.2, 0.25) is 5.02 Å². The Labute approximate surface area is 111 Å². The van der Waals surface area contributed by atoms with E-state index in [1.807, 2.05) is 0 Å². The highest BCUT2D eigenvalue weighted by Gasteiger charge is 2.08. The van der Waals surface area contributed by atoms with Crippen LogP contribution < -0.4 is 10.9 Å². The van der Waals surface area contributed by atoms with Gasteiger partial charge >= 0.3 is 0 Å². The summed E-state index contributed by atoms with van der Waals surface area (Å²) in [5.74, 6) is 2.57.